The number of hydrogen-bond acceptors (Lipinski definition) is 6. The van der Waals surface area contributed by atoms with Crippen LogP contribution < -0.4 is 5.32 Å². The number of nitrogens with zero attached hydrogens (tertiary/aromatic N) is 4. The first-order valence-corrected chi connectivity index (χ1v) is 9.85. The maximum atomic E-state index is 13.2. The quantitative estimate of drug-likeness (QED) is 0.635. The average molecular weight is 428 g/mol. The molecule has 4 rings (SSSR count). The maximum absolute atomic E-state index is 13.2. The second-order valence-corrected chi connectivity index (χ2v) is 7.70. The summed E-state index contributed by atoms with van der Waals surface area (Å²) in [6.45, 7) is 1.59. The maximum Gasteiger partial charge on any atom is 0.417 e. The number of fused-ring (bicyclic) bond motifs is 1. The summed E-state index contributed by atoms with van der Waals surface area (Å²) >= 11 is 0. The van der Waals surface area contributed by atoms with Gasteiger partial charge in [-0.15, -0.1) is 0 Å². The Hall–Kier alpha value is -3.48. The Morgan fingerprint density at radius 3 is 2.81 bits per heavy atom. The number of aromatic amines is 1. The van der Waals surface area contributed by atoms with Gasteiger partial charge in [0.1, 0.15) is 17.5 Å². The number of H-pyrrole nitrogens is 1. The van der Waals surface area contributed by atoms with Gasteiger partial charge in [-0.2, -0.15) is 18.4 Å². The molecule has 160 valence electrons. The summed E-state index contributed by atoms with van der Waals surface area (Å²) in [6, 6.07) is 2.99. The lowest BCUT2D eigenvalue weighted by Gasteiger charge is -2.28. The molecule has 2 atom stereocenters. The number of carbonyl (C=O) groups excluding carboxylic acids is 1. The molecular weight excluding hydrogens is 409 g/mol. The molecule has 0 amide bonds. The topological polar surface area (TPSA) is 107 Å². The van der Waals surface area contributed by atoms with Crippen LogP contribution in [-0.4, -0.2) is 31.8 Å². The molecule has 7 nitrogen and oxygen atoms in total. The summed E-state index contributed by atoms with van der Waals surface area (Å²) in [4.78, 5) is 27.0. The number of rotatable bonds is 4. The second kappa shape index (κ2) is 7.98. The molecule has 0 aromatic carbocycles. The van der Waals surface area contributed by atoms with E-state index in [1.807, 2.05) is 6.07 Å². The van der Waals surface area contributed by atoms with E-state index < -0.39 is 11.7 Å². The molecule has 3 heterocycles. The van der Waals surface area contributed by atoms with E-state index in [1.54, 1.807) is 6.92 Å². The van der Waals surface area contributed by atoms with E-state index in [2.05, 4.69) is 25.3 Å². The Bertz CT molecular complexity index is 1180. The number of alkyl halides is 3. The highest BCUT2D eigenvalue weighted by Crippen LogP contribution is 2.35. The fourth-order valence-corrected chi connectivity index (χ4v) is 3.97. The third-order valence-electron chi connectivity index (χ3n) is 5.61. The smallest absolute Gasteiger partial charge is 0.351 e. The Morgan fingerprint density at radius 2 is 2.10 bits per heavy atom. The van der Waals surface area contributed by atoms with Crippen molar-refractivity contribution in [2.45, 2.75) is 44.8 Å². The Balaban J connectivity index is 1.70. The molecule has 3 aromatic rings. The number of nitrogens with one attached hydrogen (secondary N) is 2. The van der Waals surface area contributed by atoms with E-state index in [0.29, 0.717) is 12.0 Å². The van der Waals surface area contributed by atoms with Gasteiger partial charge >= 0.3 is 6.18 Å². The van der Waals surface area contributed by atoms with E-state index in [4.69, 9.17) is 0 Å². The van der Waals surface area contributed by atoms with Crippen LogP contribution in [0.3, 0.4) is 0 Å². The van der Waals surface area contributed by atoms with E-state index >= 15 is 0 Å². The molecule has 0 unspecified atom stereocenters. The molecular formula is C21H19F3N6O. The van der Waals surface area contributed by atoms with Crippen molar-refractivity contribution >= 4 is 22.8 Å². The number of ketones is 1. The van der Waals surface area contributed by atoms with Crippen LogP contribution in [0.2, 0.25) is 0 Å². The van der Waals surface area contributed by atoms with E-state index in [9.17, 15) is 23.2 Å². The minimum absolute atomic E-state index is 0.00454. The van der Waals surface area contributed by atoms with Crippen LogP contribution in [0.4, 0.5) is 19.1 Å². The van der Waals surface area contributed by atoms with Gasteiger partial charge in [0.15, 0.2) is 0 Å². The average Bonchev–Trinajstić information content (AvgIpc) is 3.16. The molecule has 0 saturated heterocycles. The molecule has 31 heavy (non-hydrogen) atoms. The SMILES string of the molecule is CC(=O)[C@@H]1CCC[C@H](Nc2ncc(C#N)c(-c3c[nH]c4ncc(C(F)(F)F)cc34)n2)C1. The number of anilines is 1. The van der Waals surface area contributed by atoms with Crippen LogP contribution in [0.5, 0.6) is 0 Å². The van der Waals surface area contributed by atoms with Crippen LogP contribution in [0.25, 0.3) is 22.3 Å². The highest BCUT2D eigenvalue weighted by Gasteiger charge is 2.32. The normalized spacial score (nSPS) is 19.2. The Labute approximate surface area is 175 Å². The summed E-state index contributed by atoms with van der Waals surface area (Å²) in [5.41, 5.74) is 0.0575. The lowest BCUT2D eigenvalue weighted by Crippen LogP contribution is -2.30. The van der Waals surface area contributed by atoms with Crippen molar-refractivity contribution in [2.24, 2.45) is 5.92 Å². The van der Waals surface area contributed by atoms with Gasteiger partial charge in [0.05, 0.1) is 23.0 Å². The van der Waals surface area contributed by atoms with Crippen molar-refractivity contribution in [1.29, 1.82) is 5.26 Å². The highest BCUT2D eigenvalue weighted by molar-refractivity contribution is 5.94. The molecule has 2 N–H and O–H groups in total. The molecule has 1 aliphatic carbocycles. The lowest BCUT2D eigenvalue weighted by atomic mass is 9.83. The standard InChI is InChI=1S/C21H19F3N6O/c1-11(31)12-3-2-4-15(5-12)29-20-28-8-13(7-25)18(30-20)17-10-27-19-16(17)6-14(9-26-19)21(22,23)24/h6,8-10,12,15H,2-5H2,1H3,(H,26,27)(H,28,29,30)/t12-,15+/m1/s1. The first kappa shape index (κ1) is 20.8. The zero-order valence-corrected chi connectivity index (χ0v) is 16.6. The molecule has 1 fully saturated rings. The number of halogens is 3. The molecule has 0 aliphatic heterocycles. The third kappa shape index (κ3) is 4.21. The lowest BCUT2D eigenvalue weighted by molar-refractivity contribution is -0.137. The number of hydrogen-bond donors (Lipinski definition) is 2. The van der Waals surface area contributed by atoms with Crippen LogP contribution in [-0.2, 0) is 11.0 Å². The Morgan fingerprint density at radius 1 is 1.29 bits per heavy atom. The van der Waals surface area contributed by atoms with Crippen molar-refractivity contribution in [3.05, 3.63) is 35.8 Å². The number of carbonyl (C=O) groups is 1. The van der Waals surface area contributed by atoms with Gasteiger partial charge in [-0.1, -0.05) is 6.42 Å². The van der Waals surface area contributed by atoms with Crippen molar-refractivity contribution in [3.63, 3.8) is 0 Å². The van der Waals surface area contributed by atoms with Crippen LogP contribution in [0, 0.1) is 17.2 Å². The first-order chi connectivity index (χ1) is 14.8. The van der Waals surface area contributed by atoms with Crippen molar-refractivity contribution in [1.82, 2.24) is 19.9 Å². The fourth-order valence-electron chi connectivity index (χ4n) is 3.97. The van der Waals surface area contributed by atoms with Gasteiger partial charge in [0, 0.05) is 35.3 Å². The zero-order valence-electron chi connectivity index (χ0n) is 16.6. The molecule has 3 aromatic heterocycles. The number of pyridine rings is 1. The molecule has 0 radical (unpaired) electrons. The predicted molar refractivity (Wildman–Crippen MR) is 107 cm³/mol. The molecule has 1 saturated carbocycles. The van der Waals surface area contributed by atoms with Crippen LogP contribution in [0.1, 0.15) is 43.7 Å². The minimum Gasteiger partial charge on any atom is -0.351 e. The number of Topliss-reactive ketones (excluding diaryl/α,β-unsaturated/α-hetero) is 1. The van der Waals surface area contributed by atoms with E-state index in [-0.39, 0.29) is 46.0 Å². The zero-order chi connectivity index (χ0) is 22.2. The van der Waals surface area contributed by atoms with Gasteiger partial charge in [-0.05, 0) is 32.3 Å². The largest absolute Gasteiger partial charge is 0.417 e. The minimum atomic E-state index is -4.54. The van der Waals surface area contributed by atoms with E-state index in [0.717, 1.165) is 31.5 Å². The summed E-state index contributed by atoms with van der Waals surface area (Å²) in [5.74, 6) is 0.404. The van der Waals surface area contributed by atoms with Crippen molar-refractivity contribution in [3.8, 4) is 17.3 Å². The second-order valence-electron chi connectivity index (χ2n) is 7.70. The van der Waals surface area contributed by atoms with Crippen molar-refractivity contribution in [2.75, 3.05) is 5.32 Å². The van der Waals surface area contributed by atoms with Gasteiger partial charge in [-0.25, -0.2) is 15.0 Å². The van der Waals surface area contributed by atoms with Crippen LogP contribution in [0.15, 0.2) is 24.7 Å². The predicted octanol–water partition coefficient (Wildman–Crippen LogP) is 4.47. The molecule has 10 heteroatoms. The summed E-state index contributed by atoms with van der Waals surface area (Å²) in [6.07, 6.45) is 2.33. The summed E-state index contributed by atoms with van der Waals surface area (Å²) in [7, 11) is 0. The summed E-state index contributed by atoms with van der Waals surface area (Å²) in [5, 5.41) is 12.9. The van der Waals surface area contributed by atoms with Gasteiger partial charge in [0.2, 0.25) is 5.95 Å². The van der Waals surface area contributed by atoms with Crippen molar-refractivity contribution < 1.29 is 18.0 Å². The third-order valence-corrected chi connectivity index (χ3v) is 5.61. The van der Waals surface area contributed by atoms with Gasteiger partial charge in [0.25, 0.3) is 0 Å². The first-order valence-electron chi connectivity index (χ1n) is 9.85. The number of nitriles is 1. The molecule has 0 spiro atoms. The monoisotopic (exact) mass is 428 g/mol. The van der Waals surface area contributed by atoms with Gasteiger partial charge in [-0.3, -0.25) is 4.79 Å². The van der Waals surface area contributed by atoms with Crippen LogP contribution >= 0.6 is 0 Å². The fraction of sp³-hybridized carbons (Fsp3) is 0.381. The van der Waals surface area contributed by atoms with E-state index in [1.165, 1.54) is 12.4 Å². The summed E-state index contributed by atoms with van der Waals surface area (Å²) < 4.78 is 39.5. The van der Waals surface area contributed by atoms with Gasteiger partial charge < -0.3 is 10.3 Å². The molecule has 0 bridgehead atoms. The highest BCUT2D eigenvalue weighted by atomic mass is 19.4. The molecule has 1 aliphatic rings. The Kier molecular flexibility index (Phi) is 5.35. The number of aromatic nitrogens is 4.